The van der Waals surface area contributed by atoms with Crippen molar-refractivity contribution >= 4 is 35.3 Å². The van der Waals surface area contributed by atoms with Gasteiger partial charge in [-0.15, -0.1) is 11.3 Å². The molecule has 1 aromatic heterocycles. The molecule has 1 aliphatic heterocycles. The number of aliphatic carboxylic acids is 2. The first kappa shape index (κ1) is 29.3. The van der Waals surface area contributed by atoms with Crippen LogP contribution >= 0.6 is 11.3 Å². The Hall–Kier alpha value is -2.77. The van der Waals surface area contributed by atoms with Crippen molar-refractivity contribution in [3.05, 3.63) is 16.1 Å². The number of ether oxygens (including phenoxy) is 2. The molecule has 0 bridgehead atoms. The highest BCUT2D eigenvalue weighted by atomic mass is 32.1. The van der Waals surface area contributed by atoms with Gasteiger partial charge in [-0.05, 0) is 13.3 Å². The van der Waals surface area contributed by atoms with Crippen LogP contribution in [0.4, 0.5) is 4.79 Å². The topological polar surface area (TPSA) is 159 Å². The first-order valence-corrected chi connectivity index (χ1v) is 11.8. The zero-order valence-corrected chi connectivity index (χ0v) is 20.8. The SMILES string of the molecule is CCOC(=O)[C@H](CCN1CCOCC1)NC(=O)N(C)Cc1csc(C(C)C)n1.O=C(O)C(=O)O. The standard InChI is InChI=1S/C19H32N4O4S.C2H2O4/c1-5-27-18(24)16(6-7-23-8-10-26-11-9-23)21-19(25)22(4)12-15-13-28-17(20-15)14(2)3;3-1(4)2(5)6/h13-14,16H,5-12H2,1-4H3,(H,21,25);(H,3,4)(H,5,6)/t16-;/m0./s1. The van der Waals surface area contributed by atoms with Crippen LogP contribution in [0.25, 0.3) is 0 Å². The van der Waals surface area contributed by atoms with Crippen LogP contribution in [-0.4, -0.2) is 101 Å². The smallest absolute Gasteiger partial charge is 0.414 e. The van der Waals surface area contributed by atoms with E-state index in [0.29, 0.717) is 38.6 Å². The highest BCUT2D eigenvalue weighted by molar-refractivity contribution is 7.09. The van der Waals surface area contributed by atoms with E-state index in [0.717, 1.165) is 23.8 Å². The number of hydrogen-bond acceptors (Lipinski definition) is 9. The molecule has 0 aromatic carbocycles. The predicted octanol–water partition coefficient (Wildman–Crippen LogP) is 1.22. The molecule has 1 atom stereocenters. The molecule has 1 aliphatic rings. The lowest BCUT2D eigenvalue weighted by Gasteiger charge is -2.28. The summed E-state index contributed by atoms with van der Waals surface area (Å²) in [4.78, 5) is 51.4. The number of nitrogens with zero attached hydrogens (tertiary/aromatic N) is 3. The molecule has 3 N–H and O–H groups in total. The monoisotopic (exact) mass is 502 g/mol. The largest absolute Gasteiger partial charge is 0.473 e. The number of morpholine rings is 1. The van der Waals surface area contributed by atoms with Gasteiger partial charge in [0, 0.05) is 38.0 Å². The van der Waals surface area contributed by atoms with Crippen LogP contribution in [0.2, 0.25) is 0 Å². The van der Waals surface area contributed by atoms with E-state index in [2.05, 4.69) is 29.0 Å². The second-order valence-corrected chi connectivity index (χ2v) is 8.68. The molecule has 0 radical (unpaired) electrons. The summed E-state index contributed by atoms with van der Waals surface area (Å²) in [6.07, 6.45) is 0.507. The number of urea groups is 1. The molecule has 13 heteroatoms. The average Bonchev–Trinajstić information content (AvgIpc) is 3.26. The van der Waals surface area contributed by atoms with Gasteiger partial charge < -0.3 is 29.9 Å². The van der Waals surface area contributed by atoms with Crippen molar-refractivity contribution in [2.75, 3.05) is 46.5 Å². The number of amides is 2. The van der Waals surface area contributed by atoms with Gasteiger partial charge in [0.05, 0.1) is 37.1 Å². The van der Waals surface area contributed by atoms with Crippen LogP contribution in [-0.2, 0) is 30.4 Å². The van der Waals surface area contributed by atoms with Gasteiger partial charge in [-0.25, -0.2) is 24.2 Å². The number of carboxylic acids is 2. The molecule has 1 saturated heterocycles. The number of carbonyl (C=O) groups excluding carboxylic acids is 2. The van der Waals surface area contributed by atoms with E-state index in [1.54, 1.807) is 30.2 Å². The van der Waals surface area contributed by atoms with Crippen LogP contribution in [0.3, 0.4) is 0 Å². The summed E-state index contributed by atoms with van der Waals surface area (Å²) in [5, 5.41) is 20.6. The number of thiazole rings is 1. The van der Waals surface area contributed by atoms with Crippen LogP contribution in [0, 0.1) is 0 Å². The third kappa shape index (κ3) is 10.9. The number of hydrogen-bond donors (Lipinski definition) is 3. The van der Waals surface area contributed by atoms with E-state index >= 15 is 0 Å². The van der Waals surface area contributed by atoms with Crippen molar-refractivity contribution in [1.29, 1.82) is 0 Å². The number of aromatic nitrogens is 1. The van der Waals surface area contributed by atoms with Crippen molar-refractivity contribution < 1.29 is 38.9 Å². The Morgan fingerprint density at radius 1 is 1.24 bits per heavy atom. The second-order valence-electron chi connectivity index (χ2n) is 7.79. The Bertz CT molecular complexity index is 798. The van der Waals surface area contributed by atoms with Gasteiger partial charge in [0.1, 0.15) is 6.04 Å². The zero-order chi connectivity index (χ0) is 25.7. The molecule has 34 heavy (non-hydrogen) atoms. The van der Waals surface area contributed by atoms with E-state index in [1.807, 2.05) is 5.38 Å². The van der Waals surface area contributed by atoms with Crippen molar-refractivity contribution in [2.24, 2.45) is 0 Å². The summed E-state index contributed by atoms with van der Waals surface area (Å²) in [5.74, 6) is -3.68. The molecule has 2 amide bonds. The number of carbonyl (C=O) groups is 4. The molecule has 12 nitrogen and oxygen atoms in total. The maximum Gasteiger partial charge on any atom is 0.414 e. The average molecular weight is 503 g/mol. The Kier molecular flexibility index (Phi) is 13.1. The van der Waals surface area contributed by atoms with Crippen molar-refractivity contribution in [2.45, 2.75) is 45.7 Å². The molecule has 192 valence electrons. The molecular weight excluding hydrogens is 468 g/mol. The van der Waals surface area contributed by atoms with Crippen LogP contribution in [0.1, 0.15) is 43.8 Å². The van der Waals surface area contributed by atoms with Crippen molar-refractivity contribution in [3.63, 3.8) is 0 Å². The number of rotatable bonds is 9. The summed E-state index contributed by atoms with van der Waals surface area (Å²) in [7, 11) is 1.70. The molecule has 0 aliphatic carbocycles. The van der Waals surface area contributed by atoms with Crippen LogP contribution < -0.4 is 5.32 Å². The molecule has 0 spiro atoms. The fourth-order valence-electron chi connectivity index (χ4n) is 2.86. The lowest BCUT2D eigenvalue weighted by atomic mass is 10.2. The summed E-state index contributed by atoms with van der Waals surface area (Å²) in [6, 6.07) is -0.974. The summed E-state index contributed by atoms with van der Waals surface area (Å²) in [6.45, 7) is 10.4. The van der Waals surface area contributed by atoms with Crippen LogP contribution in [0.15, 0.2) is 5.38 Å². The maximum absolute atomic E-state index is 12.6. The van der Waals surface area contributed by atoms with Gasteiger partial charge in [-0.1, -0.05) is 13.8 Å². The molecule has 1 fully saturated rings. The van der Waals surface area contributed by atoms with Crippen molar-refractivity contribution in [3.8, 4) is 0 Å². The fraction of sp³-hybridized carbons (Fsp3) is 0.667. The summed E-state index contributed by atoms with van der Waals surface area (Å²) >= 11 is 1.60. The molecule has 0 unspecified atom stereocenters. The van der Waals surface area contributed by atoms with E-state index in [1.165, 1.54) is 0 Å². The molecule has 1 aromatic rings. The fourth-order valence-corrected chi connectivity index (χ4v) is 3.69. The Morgan fingerprint density at radius 3 is 2.35 bits per heavy atom. The van der Waals surface area contributed by atoms with Gasteiger partial charge in [-0.3, -0.25) is 4.90 Å². The highest BCUT2D eigenvalue weighted by Crippen LogP contribution is 2.19. The number of esters is 1. The lowest BCUT2D eigenvalue weighted by Crippen LogP contribution is -2.49. The Labute approximate surface area is 202 Å². The first-order valence-electron chi connectivity index (χ1n) is 10.9. The third-order valence-electron chi connectivity index (χ3n) is 4.70. The third-order valence-corrected chi connectivity index (χ3v) is 5.89. The normalized spacial score (nSPS) is 14.5. The lowest BCUT2D eigenvalue weighted by molar-refractivity contribution is -0.159. The van der Waals surface area contributed by atoms with Gasteiger partial charge >= 0.3 is 23.9 Å². The number of nitrogens with one attached hydrogen (secondary N) is 1. The van der Waals surface area contributed by atoms with Crippen LogP contribution in [0.5, 0.6) is 0 Å². The maximum atomic E-state index is 12.6. The zero-order valence-electron chi connectivity index (χ0n) is 20.0. The van der Waals surface area contributed by atoms with Crippen molar-refractivity contribution in [1.82, 2.24) is 20.1 Å². The molecule has 2 rings (SSSR count). The van der Waals surface area contributed by atoms with Gasteiger partial charge in [0.15, 0.2) is 0 Å². The van der Waals surface area contributed by atoms with E-state index in [4.69, 9.17) is 29.3 Å². The predicted molar refractivity (Wildman–Crippen MR) is 124 cm³/mol. The Balaban J connectivity index is 0.000000852. The van der Waals surface area contributed by atoms with Gasteiger partial charge in [-0.2, -0.15) is 0 Å². The minimum Gasteiger partial charge on any atom is -0.473 e. The minimum atomic E-state index is -1.82. The van der Waals surface area contributed by atoms with Gasteiger partial charge in [0.25, 0.3) is 0 Å². The van der Waals surface area contributed by atoms with E-state index in [9.17, 15) is 9.59 Å². The van der Waals surface area contributed by atoms with E-state index in [-0.39, 0.29) is 12.6 Å². The highest BCUT2D eigenvalue weighted by Gasteiger charge is 2.25. The molecule has 2 heterocycles. The summed E-state index contributed by atoms with van der Waals surface area (Å²) < 4.78 is 10.5. The molecular formula is C21H34N4O8S. The Morgan fingerprint density at radius 2 is 1.85 bits per heavy atom. The molecule has 0 saturated carbocycles. The summed E-state index contributed by atoms with van der Waals surface area (Å²) in [5.41, 5.74) is 0.854. The van der Waals surface area contributed by atoms with Gasteiger partial charge in [0.2, 0.25) is 0 Å². The van der Waals surface area contributed by atoms with E-state index < -0.39 is 23.9 Å². The minimum absolute atomic E-state index is 0.287. The second kappa shape index (κ2) is 15.2. The number of carboxylic acid groups (broad SMARTS) is 2. The quantitative estimate of drug-likeness (QED) is 0.331. The first-order chi connectivity index (χ1) is 16.0.